The van der Waals surface area contributed by atoms with Crippen molar-refractivity contribution < 1.29 is 4.79 Å². The first-order valence-corrected chi connectivity index (χ1v) is 6.30. The average molecular weight is 266 g/mol. The van der Waals surface area contributed by atoms with Gasteiger partial charge in [0.1, 0.15) is 5.84 Å². The van der Waals surface area contributed by atoms with Crippen LogP contribution >= 0.6 is 0 Å². The van der Waals surface area contributed by atoms with Gasteiger partial charge in [-0.2, -0.15) is 0 Å². The molecule has 0 saturated heterocycles. The summed E-state index contributed by atoms with van der Waals surface area (Å²) in [5.74, 6) is -0.00436. The first-order valence-electron chi connectivity index (χ1n) is 6.30. The largest absolute Gasteiger partial charge is 0.384 e. The highest BCUT2D eigenvalue weighted by Crippen LogP contribution is 2.05. The summed E-state index contributed by atoms with van der Waals surface area (Å²) >= 11 is 0. The highest BCUT2D eigenvalue weighted by atomic mass is 16.1. The summed E-state index contributed by atoms with van der Waals surface area (Å²) in [4.78, 5) is 11.8. The zero-order valence-electron chi connectivity index (χ0n) is 11.0. The summed E-state index contributed by atoms with van der Waals surface area (Å²) in [5.41, 5.74) is 7.98. The minimum Gasteiger partial charge on any atom is -0.384 e. The molecular weight excluding hydrogens is 250 g/mol. The zero-order valence-corrected chi connectivity index (χ0v) is 11.0. The Kier molecular flexibility index (Phi) is 4.50. The lowest BCUT2D eigenvalue weighted by atomic mass is 10.1. The molecule has 4 nitrogen and oxygen atoms in total. The third-order valence-electron chi connectivity index (χ3n) is 2.91. The highest BCUT2D eigenvalue weighted by molar-refractivity contribution is 5.95. The summed E-state index contributed by atoms with van der Waals surface area (Å²) in [6, 6.07) is 17.5. The number of nitrogens with two attached hydrogens (primary N) is 1. The Hall–Kier alpha value is -2.62. The second-order valence-corrected chi connectivity index (χ2v) is 4.47. The molecule has 0 aliphatic carbocycles. The summed E-state index contributed by atoms with van der Waals surface area (Å²) in [5, 5.41) is 10.2. The summed E-state index contributed by atoms with van der Waals surface area (Å²) in [6.45, 7) is 0.513. The van der Waals surface area contributed by atoms with Crippen molar-refractivity contribution in [1.29, 1.82) is 5.41 Å². The Bertz CT molecular complexity index is 591. The monoisotopic (exact) mass is 266 g/mol. The number of amidine groups is 1. The summed E-state index contributed by atoms with van der Waals surface area (Å²) in [6.07, 6.45) is 0.317. The fourth-order valence-electron chi connectivity index (χ4n) is 1.79. The standard InChI is InChI=1S/C16H16N3O/c17-16(18)14-8-6-12(7-9-14)10-15(20)19-11-13-4-2-1-3-5-13/h2-9H,10-11H2,(H3,17,18)(H,19,20). The van der Waals surface area contributed by atoms with Crippen molar-refractivity contribution in [3.05, 3.63) is 71.3 Å². The van der Waals surface area contributed by atoms with Gasteiger partial charge in [0, 0.05) is 12.1 Å². The molecule has 0 unspecified atom stereocenters. The van der Waals surface area contributed by atoms with E-state index in [1.165, 1.54) is 0 Å². The number of hydrogen-bond acceptors (Lipinski definition) is 2. The van der Waals surface area contributed by atoms with E-state index in [2.05, 4.69) is 11.4 Å². The normalized spacial score (nSPS) is 10.0. The van der Waals surface area contributed by atoms with Crippen LogP contribution in [0.5, 0.6) is 0 Å². The molecular formula is C16H16N3O. The van der Waals surface area contributed by atoms with Crippen LogP contribution in [-0.4, -0.2) is 11.7 Å². The SMILES string of the molecule is N=C(N)c1ccc(CC(=O)NCc2cc[c]cc2)cc1. The number of rotatable bonds is 5. The topological polar surface area (TPSA) is 79.0 Å². The van der Waals surface area contributed by atoms with E-state index in [-0.39, 0.29) is 11.7 Å². The van der Waals surface area contributed by atoms with Gasteiger partial charge in [0.15, 0.2) is 0 Å². The minimum atomic E-state index is -0.0339. The molecule has 0 saturated carbocycles. The maximum absolute atomic E-state index is 11.8. The predicted molar refractivity (Wildman–Crippen MR) is 78.3 cm³/mol. The van der Waals surface area contributed by atoms with Crippen LogP contribution in [-0.2, 0) is 17.8 Å². The first kappa shape index (κ1) is 13.8. The van der Waals surface area contributed by atoms with Gasteiger partial charge in [-0.05, 0) is 17.2 Å². The van der Waals surface area contributed by atoms with E-state index in [0.717, 1.165) is 11.1 Å². The minimum absolute atomic E-state index is 0.0295. The molecule has 20 heavy (non-hydrogen) atoms. The lowest BCUT2D eigenvalue weighted by Gasteiger charge is -2.06. The Labute approximate surface area is 118 Å². The molecule has 4 N–H and O–H groups in total. The molecule has 2 rings (SSSR count). The maximum Gasteiger partial charge on any atom is 0.224 e. The molecule has 1 amide bonds. The first-order chi connectivity index (χ1) is 9.65. The van der Waals surface area contributed by atoms with Gasteiger partial charge < -0.3 is 11.1 Å². The van der Waals surface area contributed by atoms with Crippen LogP contribution in [0.25, 0.3) is 0 Å². The van der Waals surface area contributed by atoms with Crippen LogP contribution in [0.3, 0.4) is 0 Å². The predicted octanol–water partition coefficient (Wildman–Crippen LogP) is 1.63. The van der Waals surface area contributed by atoms with Crippen LogP contribution in [0.2, 0.25) is 0 Å². The molecule has 1 radical (unpaired) electrons. The number of carbonyl (C=O) groups excluding carboxylic acids is 1. The Morgan fingerprint density at radius 2 is 1.75 bits per heavy atom. The Balaban J connectivity index is 1.86. The number of nitrogen functional groups attached to an aromatic ring is 1. The van der Waals surface area contributed by atoms with Crippen LogP contribution in [0.1, 0.15) is 16.7 Å². The van der Waals surface area contributed by atoms with E-state index >= 15 is 0 Å². The number of hydrogen-bond donors (Lipinski definition) is 3. The molecule has 0 heterocycles. The van der Waals surface area contributed by atoms with Crippen LogP contribution in [0.15, 0.2) is 48.5 Å². The number of nitrogens with one attached hydrogen (secondary N) is 2. The summed E-state index contributed by atoms with van der Waals surface area (Å²) < 4.78 is 0. The Morgan fingerprint density at radius 1 is 1.10 bits per heavy atom. The van der Waals surface area contributed by atoms with Gasteiger partial charge in [0.2, 0.25) is 5.91 Å². The van der Waals surface area contributed by atoms with Crippen LogP contribution in [0, 0.1) is 11.5 Å². The lowest BCUT2D eigenvalue weighted by molar-refractivity contribution is -0.120. The van der Waals surface area contributed by atoms with Gasteiger partial charge in [-0.1, -0.05) is 48.5 Å². The second kappa shape index (κ2) is 6.52. The molecule has 0 spiro atoms. The van der Waals surface area contributed by atoms with Gasteiger partial charge in [-0.25, -0.2) is 0 Å². The third kappa shape index (κ3) is 3.95. The van der Waals surface area contributed by atoms with Gasteiger partial charge in [-0.3, -0.25) is 10.2 Å². The molecule has 101 valence electrons. The smallest absolute Gasteiger partial charge is 0.224 e. The van der Waals surface area contributed by atoms with Crippen molar-refractivity contribution >= 4 is 11.7 Å². The van der Waals surface area contributed by atoms with E-state index < -0.39 is 0 Å². The second-order valence-electron chi connectivity index (χ2n) is 4.47. The zero-order chi connectivity index (χ0) is 14.4. The summed E-state index contributed by atoms with van der Waals surface area (Å²) in [7, 11) is 0. The molecule has 0 atom stereocenters. The van der Waals surface area contributed by atoms with Gasteiger partial charge >= 0.3 is 0 Å². The lowest BCUT2D eigenvalue weighted by Crippen LogP contribution is -2.24. The van der Waals surface area contributed by atoms with Gasteiger partial charge in [0.05, 0.1) is 6.42 Å². The number of carbonyl (C=O) groups is 1. The quantitative estimate of drug-likeness (QED) is 0.568. The van der Waals surface area contributed by atoms with E-state index in [1.54, 1.807) is 12.1 Å². The van der Waals surface area contributed by atoms with Crippen molar-refractivity contribution in [2.45, 2.75) is 13.0 Å². The molecule has 0 aliphatic heterocycles. The molecule has 2 aromatic carbocycles. The highest BCUT2D eigenvalue weighted by Gasteiger charge is 2.04. The molecule has 0 aromatic heterocycles. The van der Waals surface area contributed by atoms with E-state index in [0.29, 0.717) is 18.5 Å². The average Bonchev–Trinajstić information content (AvgIpc) is 2.47. The van der Waals surface area contributed by atoms with Gasteiger partial charge in [-0.15, -0.1) is 0 Å². The molecule has 0 aliphatic rings. The number of amides is 1. The van der Waals surface area contributed by atoms with Crippen LogP contribution in [0.4, 0.5) is 0 Å². The molecule has 0 fully saturated rings. The molecule has 4 heteroatoms. The van der Waals surface area contributed by atoms with Crippen molar-refractivity contribution in [1.82, 2.24) is 5.32 Å². The third-order valence-corrected chi connectivity index (χ3v) is 2.91. The fourth-order valence-corrected chi connectivity index (χ4v) is 1.79. The van der Waals surface area contributed by atoms with Crippen molar-refractivity contribution in [3.63, 3.8) is 0 Å². The fraction of sp³-hybridized carbons (Fsp3) is 0.125. The van der Waals surface area contributed by atoms with E-state index in [1.807, 2.05) is 36.4 Å². The maximum atomic E-state index is 11.8. The van der Waals surface area contributed by atoms with E-state index in [4.69, 9.17) is 11.1 Å². The van der Waals surface area contributed by atoms with E-state index in [9.17, 15) is 4.79 Å². The van der Waals surface area contributed by atoms with Crippen molar-refractivity contribution in [2.75, 3.05) is 0 Å². The molecule has 2 aromatic rings. The van der Waals surface area contributed by atoms with Crippen molar-refractivity contribution in [3.8, 4) is 0 Å². The number of benzene rings is 2. The van der Waals surface area contributed by atoms with Crippen LogP contribution < -0.4 is 11.1 Å². The van der Waals surface area contributed by atoms with Gasteiger partial charge in [0.25, 0.3) is 0 Å². The van der Waals surface area contributed by atoms with Crippen molar-refractivity contribution in [2.24, 2.45) is 5.73 Å². The Morgan fingerprint density at radius 3 is 2.35 bits per heavy atom. The molecule has 0 bridgehead atoms.